The number of nitrogens with one attached hydrogen (secondary N) is 1. The minimum atomic E-state index is -0.816. The van der Waals surface area contributed by atoms with E-state index in [2.05, 4.69) is 17.2 Å². The summed E-state index contributed by atoms with van der Waals surface area (Å²) in [5.74, 6) is 3.78. The van der Waals surface area contributed by atoms with Crippen molar-refractivity contribution >= 4 is 5.91 Å². The highest BCUT2D eigenvalue weighted by Crippen LogP contribution is 2.25. The van der Waals surface area contributed by atoms with E-state index in [1.54, 1.807) is 21.1 Å². The summed E-state index contributed by atoms with van der Waals surface area (Å²) in [6.07, 6.45) is 0.574. The van der Waals surface area contributed by atoms with E-state index in [1.807, 2.05) is 0 Å². The lowest BCUT2D eigenvalue weighted by molar-refractivity contribution is -0.257. The number of carbonyl (C=O) groups is 1. The van der Waals surface area contributed by atoms with Gasteiger partial charge in [0.15, 0.2) is 5.79 Å². The first-order valence-corrected chi connectivity index (χ1v) is 5.10. The van der Waals surface area contributed by atoms with Crippen molar-refractivity contribution < 1.29 is 19.0 Å². The van der Waals surface area contributed by atoms with Gasteiger partial charge in [-0.1, -0.05) is 5.92 Å². The van der Waals surface area contributed by atoms with E-state index in [4.69, 9.17) is 14.2 Å². The molecule has 1 heterocycles. The van der Waals surface area contributed by atoms with E-state index in [9.17, 15) is 4.79 Å². The molecule has 0 spiro atoms. The second-order valence-electron chi connectivity index (χ2n) is 3.45. The summed E-state index contributed by atoms with van der Waals surface area (Å²) in [6, 6.07) is -0.343. The molecular weight excluding hydrogens is 210 g/mol. The van der Waals surface area contributed by atoms with E-state index in [1.165, 1.54) is 0 Å². The molecule has 1 saturated heterocycles. The molecule has 16 heavy (non-hydrogen) atoms. The van der Waals surface area contributed by atoms with Crippen molar-refractivity contribution in [2.45, 2.75) is 25.2 Å². The molecule has 1 atom stereocenters. The predicted octanol–water partition coefficient (Wildman–Crippen LogP) is -0.0961. The zero-order valence-electron chi connectivity index (χ0n) is 9.83. The Morgan fingerprint density at radius 1 is 1.50 bits per heavy atom. The molecule has 5 heteroatoms. The Labute approximate surface area is 95.4 Å². The number of ether oxygens (including phenoxy) is 3. The smallest absolute Gasteiger partial charge is 0.296 e. The molecule has 1 unspecified atom stereocenters. The lowest BCUT2D eigenvalue weighted by Crippen LogP contribution is -2.60. The molecule has 1 amide bonds. The summed E-state index contributed by atoms with van der Waals surface area (Å²) in [7, 11) is 3.11. The summed E-state index contributed by atoms with van der Waals surface area (Å²) in [6.45, 7) is 2.52. The minimum Gasteiger partial charge on any atom is -0.379 e. The van der Waals surface area contributed by atoms with Crippen LogP contribution in [0.4, 0.5) is 0 Å². The SMILES string of the molecule is CC#CC(=O)NC1COCCC1(OC)OC. The first-order chi connectivity index (χ1) is 7.68. The van der Waals surface area contributed by atoms with Crippen LogP contribution in [0.3, 0.4) is 0 Å². The molecular formula is C11H17NO4. The van der Waals surface area contributed by atoms with Gasteiger partial charge in [0.1, 0.15) is 6.04 Å². The summed E-state index contributed by atoms with van der Waals surface area (Å²) >= 11 is 0. The topological polar surface area (TPSA) is 56.8 Å². The van der Waals surface area contributed by atoms with Crippen molar-refractivity contribution in [2.75, 3.05) is 27.4 Å². The predicted molar refractivity (Wildman–Crippen MR) is 57.6 cm³/mol. The van der Waals surface area contributed by atoms with Gasteiger partial charge in [0.2, 0.25) is 0 Å². The first kappa shape index (κ1) is 13.0. The Morgan fingerprint density at radius 2 is 2.19 bits per heavy atom. The number of amides is 1. The highest BCUT2D eigenvalue weighted by atomic mass is 16.7. The van der Waals surface area contributed by atoms with Crippen LogP contribution in [0.1, 0.15) is 13.3 Å². The average molecular weight is 227 g/mol. The summed E-state index contributed by atoms with van der Waals surface area (Å²) in [4.78, 5) is 11.4. The van der Waals surface area contributed by atoms with E-state index >= 15 is 0 Å². The lowest BCUT2D eigenvalue weighted by Gasteiger charge is -2.41. The highest BCUT2D eigenvalue weighted by molar-refractivity contribution is 5.93. The van der Waals surface area contributed by atoms with Crippen molar-refractivity contribution in [3.05, 3.63) is 0 Å². The van der Waals surface area contributed by atoms with Crippen molar-refractivity contribution in [2.24, 2.45) is 0 Å². The molecule has 5 nitrogen and oxygen atoms in total. The van der Waals surface area contributed by atoms with Gasteiger partial charge in [0.05, 0.1) is 13.2 Å². The van der Waals surface area contributed by atoms with Gasteiger partial charge in [-0.3, -0.25) is 4.79 Å². The van der Waals surface area contributed by atoms with Crippen molar-refractivity contribution in [3.8, 4) is 11.8 Å². The third-order valence-electron chi connectivity index (χ3n) is 2.65. The third kappa shape index (κ3) is 2.73. The molecule has 1 aliphatic rings. The number of carbonyl (C=O) groups excluding carboxylic acids is 1. The molecule has 90 valence electrons. The molecule has 0 aromatic rings. The molecule has 0 bridgehead atoms. The Hall–Kier alpha value is -1.09. The summed E-state index contributed by atoms with van der Waals surface area (Å²) in [5, 5.41) is 2.72. The monoisotopic (exact) mass is 227 g/mol. The van der Waals surface area contributed by atoms with Gasteiger partial charge < -0.3 is 19.5 Å². The minimum absolute atomic E-state index is 0.343. The lowest BCUT2D eigenvalue weighted by atomic mass is 10.0. The Kier molecular flexibility index (Phi) is 4.74. The van der Waals surface area contributed by atoms with Crippen LogP contribution in [-0.2, 0) is 19.0 Å². The fraction of sp³-hybridized carbons (Fsp3) is 0.727. The molecule has 1 rings (SSSR count). The maximum absolute atomic E-state index is 11.4. The first-order valence-electron chi connectivity index (χ1n) is 5.10. The van der Waals surface area contributed by atoms with Gasteiger partial charge in [-0.15, -0.1) is 0 Å². The normalized spacial score (nSPS) is 23.1. The van der Waals surface area contributed by atoms with Gasteiger partial charge >= 0.3 is 0 Å². The van der Waals surface area contributed by atoms with Crippen LogP contribution in [0, 0.1) is 11.8 Å². The average Bonchev–Trinajstić information content (AvgIpc) is 2.30. The molecule has 1 fully saturated rings. The highest BCUT2D eigenvalue weighted by Gasteiger charge is 2.43. The standard InChI is InChI=1S/C11H17NO4/c1-4-5-10(13)12-9-8-16-7-6-11(9,14-2)15-3/h9H,6-8H2,1-3H3,(H,12,13). The van der Waals surface area contributed by atoms with Gasteiger partial charge in [0.25, 0.3) is 5.91 Å². The van der Waals surface area contributed by atoms with Gasteiger partial charge in [-0.05, 0) is 12.8 Å². The molecule has 0 radical (unpaired) electrons. The molecule has 0 aromatic carbocycles. The number of methoxy groups -OCH3 is 2. The Morgan fingerprint density at radius 3 is 2.75 bits per heavy atom. The van der Waals surface area contributed by atoms with Crippen LogP contribution in [0.25, 0.3) is 0 Å². The van der Waals surface area contributed by atoms with E-state index in [0.29, 0.717) is 19.6 Å². The summed E-state index contributed by atoms with van der Waals surface area (Å²) < 4.78 is 16.0. The Bertz CT molecular complexity index is 301. The van der Waals surface area contributed by atoms with Crippen LogP contribution in [-0.4, -0.2) is 45.2 Å². The van der Waals surface area contributed by atoms with Crippen molar-refractivity contribution in [3.63, 3.8) is 0 Å². The quantitative estimate of drug-likeness (QED) is 0.540. The molecule has 1 aliphatic heterocycles. The Balaban J connectivity index is 2.72. The summed E-state index contributed by atoms with van der Waals surface area (Å²) in [5.41, 5.74) is 0. The van der Waals surface area contributed by atoms with Crippen LogP contribution in [0.5, 0.6) is 0 Å². The van der Waals surface area contributed by atoms with Crippen LogP contribution in [0.15, 0.2) is 0 Å². The third-order valence-corrected chi connectivity index (χ3v) is 2.65. The molecule has 0 aromatic heterocycles. The zero-order chi connectivity index (χ0) is 12.0. The second kappa shape index (κ2) is 5.85. The molecule has 0 saturated carbocycles. The van der Waals surface area contributed by atoms with Crippen molar-refractivity contribution in [1.29, 1.82) is 0 Å². The maximum atomic E-state index is 11.4. The van der Waals surface area contributed by atoms with Crippen LogP contribution >= 0.6 is 0 Å². The fourth-order valence-electron chi connectivity index (χ4n) is 1.75. The van der Waals surface area contributed by atoms with Gasteiger partial charge in [-0.25, -0.2) is 0 Å². The van der Waals surface area contributed by atoms with E-state index in [0.717, 1.165) is 0 Å². The van der Waals surface area contributed by atoms with E-state index in [-0.39, 0.29) is 11.9 Å². The molecule has 1 N–H and O–H groups in total. The van der Waals surface area contributed by atoms with Crippen molar-refractivity contribution in [1.82, 2.24) is 5.32 Å². The van der Waals surface area contributed by atoms with Gasteiger partial charge in [-0.2, -0.15) is 0 Å². The second-order valence-corrected chi connectivity index (χ2v) is 3.45. The fourth-order valence-corrected chi connectivity index (χ4v) is 1.75. The van der Waals surface area contributed by atoms with Crippen LogP contribution < -0.4 is 5.32 Å². The van der Waals surface area contributed by atoms with Crippen LogP contribution in [0.2, 0.25) is 0 Å². The number of rotatable bonds is 3. The number of hydrogen-bond donors (Lipinski definition) is 1. The maximum Gasteiger partial charge on any atom is 0.296 e. The zero-order valence-corrected chi connectivity index (χ0v) is 9.83. The van der Waals surface area contributed by atoms with Gasteiger partial charge in [0, 0.05) is 20.6 Å². The van der Waals surface area contributed by atoms with E-state index < -0.39 is 5.79 Å². The number of hydrogen-bond acceptors (Lipinski definition) is 4. The molecule has 0 aliphatic carbocycles. The largest absolute Gasteiger partial charge is 0.379 e.